The molecule has 0 spiro atoms. The van der Waals surface area contributed by atoms with E-state index in [0.29, 0.717) is 16.7 Å². The molecule has 4 rings (SSSR count). The summed E-state index contributed by atoms with van der Waals surface area (Å²) in [5.74, 6) is -15.4. The molecular formula is C18H10F6S3. The van der Waals surface area contributed by atoms with Crippen molar-refractivity contribution in [2.45, 2.75) is 24.7 Å². The molecule has 27 heavy (non-hydrogen) atoms. The van der Waals surface area contributed by atoms with Gasteiger partial charge >= 0.3 is 17.8 Å². The molecular weight excluding hydrogens is 426 g/mol. The standard InChI is InChI=1S/C18H10F6S3/c1-9-14(17(21,22)18(23,24)16(9,19)20)10-8-13(11-4-2-6-25-11)27-15(10)12-5-3-7-26-12/h2-8H,1H3. The van der Waals surface area contributed by atoms with Gasteiger partial charge in [0.2, 0.25) is 0 Å². The molecule has 0 nitrogen and oxygen atoms in total. The summed E-state index contributed by atoms with van der Waals surface area (Å²) in [6.07, 6.45) is 0. The van der Waals surface area contributed by atoms with Crippen molar-refractivity contribution in [2.75, 3.05) is 0 Å². The van der Waals surface area contributed by atoms with Crippen molar-refractivity contribution in [3.8, 4) is 19.5 Å². The fraction of sp³-hybridized carbons (Fsp3) is 0.222. The molecule has 0 amide bonds. The Balaban J connectivity index is 2.00. The lowest BCUT2D eigenvalue weighted by Gasteiger charge is -2.25. The molecule has 0 aliphatic heterocycles. The highest BCUT2D eigenvalue weighted by atomic mass is 32.1. The van der Waals surface area contributed by atoms with E-state index in [0.717, 1.165) is 16.2 Å². The number of hydrogen-bond donors (Lipinski definition) is 0. The average Bonchev–Trinajstić information content (AvgIpc) is 3.35. The number of halogens is 6. The van der Waals surface area contributed by atoms with E-state index >= 15 is 0 Å². The molecule has 0 radical (unpaired) electrons. The maximum atomic E-state index is 14.5. The van der Waals surface area contributed by atoms with Gasteiger partial charge in [-0.3, -0.25) is 0 Å². The van der Waals surface area contributed by atoms with Crippen molar-refractivity contribution in [3.05, 3.63) is 52.2 Å². The van der Waals surface area contributed by atoms with Crippen LogP contribution >= 0.6 is 34.0 Å². The first-order valence-electron chi connectivity index (χ1n) is 7.66. The van der Waals surface area contributed by atoms with Crippen LogP contribution in [-0.2, 0) is 0 Å². The summed E-state index contributed by atoms with van der Waals surface area (Å²) in [6, 6.07) is 8.18. The molecule has 3 aromatic heterocycles. The quantitative estimate of drug-likeness (QED) is 0.366. The van der Waals surface area contributed by atoms with Gasteiger partial charge < -0.3 is 0 Å². The van der Waals surface area contributed by atoms with Crippen LogP contribution in [0.4, 0.5) is 26.3 Å². The third-order valence-corrected chi connectivity index (χ3v) is 7.71. The van der Waals surface area contributed by atoms with Crippen LogP contribution in [0.3, 0.4) is 0 Å². The van der Waals surface area contributed by atoms with Crippen LogP contribution in [0.25, 0.3) is 25.1 Å². The lowest BCUT2D eigenvalue weighted by Crippen LogP contribution is -2.48. The highest BCUT2D eigenvalue weighted by Crippen LogP contribution is 2.63. The molecule has 142 valence electrons. The molecule has 1 aliphatic rings. The molecule has 3 aromatic rings. The summed E-state index contributed by atoms with van der Waals surface area (Å²) < 4.78 is 84.9. The molecule has 0 atom stereocenters. The monoisotopic (exact) mass is 436 g/mol. The average molecular weight is 436 g/mol. The number of thiophene rings is 3. The van der Waals surface area contributed by atoms with E-state index in [1.54, 1.807) is 35.0 Å². The van der Waals surface area contributed by atoms with Gasteiger partial charge in [0.1, 0.15) is 0 Å². The van der Waals surface area contributed by atoms with Crippen LogP contribution in [0.5, 0.6) is 0 Å². The van der Waals surface area contributed by atoms with E-state index in [1.165, 1.54) is 28.7 Å². The first kappa shape index (κ1) is 18.8. The van der Waals surface area contributed by atoms with E-state index in [2.05, 4.69) is 0 Å². The molecule has 0 N–H and O–H groups in total. The van der Waals surface area contributed by atoms with Gasteiger partial charge in [-0.25, -0.2) is 0 Å². The van der Waals surface area contributed by atoms with Crippen LogP contribution in [-0.4, -0.2) is 17.8 Å². The van der Waals surface area contributed by atoms with Crippen molar-refractivity contribution in [3.63, 3.8) is 0 Å². The van der Waals surface area contributed by atoms with Crippen LogP contribution < -0.4 is 0 Å². The normalized spacial score (nSPS) is 20.4. The molecule has 3 heterocycles. The second-order valence-corrected chi connectivity index (χ2v) is 8.98. The van der Waals surface area contributed by atoms with E-state index in [1.807, 2.05) is 0 Å². The van der Waals surface area contributed by atoms with E-state index in [-0.39, 0.29) is 10.4 Å². The minimum Gasteiger partial charge on any atom is -0.194 e. The van der Waals surface area contributed by atoms with E-state index < -0.39 is 28.9 Å². The third-order valence-electron chi connectivity index (χ3n) is 4.46. The Kier molecular flexibility index (Phi) is 4.14. The second-order valence-electron chi connectivity index (χ2n) is 6.03. The van der Waals surface area contributed by atoms with Gasteiger partial charge in [0.05, 0.1) is 4.88 Å². The molecule has 0 aromatic carbocycles. The number of allylic oxidation sites excluding steroid dienone is 2. The lowest BCUT2D eigenvalue weighted by molar-refractivity contribution is -0.259. The maximum Gasteiger partial charge on any atom is 0.380 e. The summed E-state index contributed by atoms with van der Waals surface area (Å²) in [5.41, 5.74) is -2.82. The first-order chi connectivity index (χ1) is 12.6. The summed E-state index contributed by atoms with van der Waals surface area (Å²) >= 11 is 3.71. The topological polar surface area (TPSA) is 0 Å². The van der Waals surface area contributed by atoms with Crippen molar-refractivity contribution in [1.29, 1.82) is 0 Å². The van der Waals surface area contributed by atoms with E-state index in [4.69, 9.17) is 0 Å². The second kappa shape index (κ2) is 5.96. The zero-order chi connectivity index (χ0) is 19.6. The van der Waals surface area contributed by atoms with Gasteiger partial charge in [-0.2, -0.15) is 26.3 Å². The zero-order valence-corrected chi connectivity index (χ0v) is 16.0. The summed E-state index contributed by atoms with van der Waals surface area (Å²) in [7, 11) is 0. The molecule has 0 bridgehead atoms. The molecule has 9 heteroatoms. The molecule has 0 fully saturated rings. The van der Waals surface area contributed by atoms with Crippen LogP contribution in [0, 0.1) is 0 Å². The summed E-state index contributed by atoms with van der Waals surface area (Å²) in [6.45, 7) is 0.658. The Morgan fingerprint density at radius 1 is 0.778 bits per heavy atom. The molecule has 0 saturated carbocycles. The van der Waals surface area contributed by atoms with Gasteiger partial charge in [-0.15, -0.1) is 34.0 Å². The minimum atomic E-state index is -5.48. The fourth-order valence-corrected chi connectivity index (χ4v) is 5.92. The Hall–Kier alpha value is -1.58. The molecule has 0 saturated heterocycles. The number of alkyl halides is 6. The SMILES string of the molecule is CC1=C(c2cc(-c3cccs3)sc2-c2cccs2)C(F)(F)C(F)(F)C1(F)F. The Labute approximate surface area is 162 Å². The van der Waals surface area contributed by atoms with Crippen molar-refractivity contribution in [1.82, 2.24) is 0 Å². The predicted octanol–water partition coefficient (Wildman–Crippen LogP) is 7.90. The van der Waals surface area contributed by atoms with Gasteiger partial charge in [0.25, 0.3) is 0 Å². The van der Waals surface area contributed by atoms with E-state index in [9.17, 15) is 26.3 Å². The van der Waals surface area contributed by atoms with Gasteiger partial charge in [-0.1, -0.05) is 12.1 Å². The highest BCUT2D eigenvalue weighted by molar-refractivity contribution is 7.26. The van der Waals surface area contributed by atoms with Crippen LogP contribution in [0.15, 0.2) is 46.7 Å². The lowest BCUT2D eigenvalue weighted by atomic mass is 9.99. The predicted molar refractivity (Wildman–Crippen MR) is 98.4 cm³/mol. The smallest absolute Gasteiger partial charge is 0.194 e. The van der Waals surface area contributed by atoms with Gasteiger partial charge in [-0.05, 0) is 35.9 Å². The largest absolute Gasteiger partial charge is 0.380 e. The Morgan fingerprint density at radius 3 is 1.85 bits per heavy atom. The minimum absolute atomic E-state index is 0.259. The summed E-state index contributed by atoms with van der Waals surface area (Å²) in [5, 5.41) is 3.50. The van der Waals surface area contributed by atoms with Gasteiger partial charge in [0.15, 0.2) is 0 Å². The fourth-order valence-electron chi connectivity index (χ4n) is 3.06. The molecule has 0 unspecified atom stereocenters. The van der Waals surface area contributed by atoms with Crippen LogP contribution in [0.1, 0.15) is 12.5 Å². The van der Waals surface area contributed by atoms with Crippen molar-refractivity contribution >= 4 is 39.6 Å². The maximum absolute atomic E-state index is 14.5. The Morgan fingerprint density at radius 2 is 1.37 bits per heavy atom. The summed E-state index contributed by atoms with van der Waals surface area (Å²) in [4.78, 5) is 2.17. The molecule has 1 aliphatic carbocycles. The Bertz CT molecular complexity index is 1010. The van der Waals surface area contributed by atoms with Crippen molar-refractivity contribution in [2.24, 2.45) is 0 Å². The first-order valence-corrected chi connectivity index (χ1v) is 10.2. The number of hydrogen-bond acceptors (Lipinski definition) is 3. The van der Waals surface area contributed by atoms with Gasteiger partial charge in [0, 0.05) is 31.3 Å². The number of rotatable bonds is 3. The highest BCUT2D eigenvalue weighted by Gasteiger charge is 2.79. The third kappa shape index (κ3) is 2.48. The zero-order valence-electron chi connectivity index (χ0n) is 13.5. The van der Waals surface area contributed by atoms with Crippen molar-refractivity contribution < 1.29 is 26.3 Å². The van der Waals surface area contributed by atoms with Crippen LogP contribution in [0.2, 0.25) is 0 Å².